The first-order chi connectivity index (χ1) is 8.63. The molecule has 1 fully saturated rings. The van der Waals surface area contributed by atoms with Gasteiger partial charge in [-0.1, -0.05) is 13.3 Å². The fourth-order valence-electron chi connectivity index (χ4n) is 2.14. The molecule has 1 heterocycles. The fraction of sp³-hybridized carbons (Fsp3) is 0.846. The Morgan fingerprint density at radius 2 is 2.22 bits per heavy atom. The number of rotatable bonds is 7. The molecule has 18 heavy (non-hydrogen) atoms. The minimum atomic E-state index is -0.959. The summed E-state index contributed by atoms with van der Waals surface area (Å²) in [5.74, 6) is -1.15. The molecule has 0 spiro atoms. The Kier molecular flexibility index (Phi) is 6.72. The van der Waals surface area contributed by atoms with Gasteiger partial charge < -0.3 is 15.2 Å². The second-order valence-corrected chi connectivity index (χ2v) is 4.77. The van der Waals surface area contributed by atoms with Gasteiger partial charge in [0.2, 0.25) is 5.91 Å². The van der Waals surface area contributed by atoms with Crippen LogP contribution in [0, 0.1) is 0 Å². The molecule has 2 N–H and O–H groups in total. The molecule has 5 heteroatoms. The lowest BCUT2D eigenvalue weighted by atomic mass is 10.0. The maximum Gasteiger partial charge on any atom is 0.326 e. The van der Waals surface area contributed by atoms with Crippen LogP contribution in [0.25, 0.3) is 0 Å². The minimum absolute atomic E-state index is 0.166. The molecule has 1 aliphatic rings. The van der Waals surface area contributed by atoms with E-state index in [1.165, 1.54) is 0 Å². The van der Waals surface area contributed by atoms with Gasteiger partial charge in [0.25, 0.3) is 0 Å². The molecule has 0 aliphatic carbocycles. The minimum Gasteiger partial charge on any atom is -0.480 e. The van der Waals surface area contributed by atoms with Gasteiger partial charge in [-0.05, 0) is 32.1 Å². The molecule has 2 atom stereocenters. The molecule has 104 valence electrons. The first kappa shape index (κ1) is 15.0. The van der Waals surface area contributed by atoms with Gasteiger partial charge in [0.15, 0.2) is 0 Å². The van der Waals surface area contributed by atoms with Gasteiger partial charge in [-0.25, -0.2) is 4.79 Å². The number of hydrogen-bond donors (Lipinski definition) is 2. The molecule has 1 aliphatic heterocycles. The highest BCUT2D eigenvalue weighted by molar-refractivity contribution is 5.83. The molecule has 1 saturated heterocycles. The summed E-state index contributed by atoms with van der Waals surface area (Å²) < 4.78 is 5.53. The van der Waals surface area contributed by atoms with E-state index in [1.54, 1.807) is 0 Å². The monoisotopic (exact) mass is 257 g/mol. The van der Waals surface area contributed by atoms with Crippen molar-refractivity contribution in [2.45, 2.75) is 64.0 Å². The lowest BCUT2D eigenvalue weighted by molar-refractivity contribution is -0.142. The highest BCUT2D eigenvalue weighted by atomic mass is 16.5. The molecule has 1 unspecified atom stereocenters. The smallest absolute Gasteiger partial charge is 0.326 e. The number of nitrogens with one attached hydrogen (secondary N) is 1. The maximum atomic E-state index is 11.6. The normalized spacial score (nSPS) is 21.3. The Labute approximate surface area is 108 Å². The summed E-state index contributed by atoms with van der Waals surface area (Å²) in [5, 5.41) is 11.5. The van der Waals surface area contributed by atoms with Crippen LogP contribution in [0.5, 0.6) is 0 Å². The zero-order valence-corrected chi connectivity index (χ0v) is 11.0. The quantitative estimate of drug-likeness (QED) is 0.728. The van der Waals surface area contributed by atoms with E-state index < -0.39 is 12.0 Å². The van der Waals surface area contributed by atoms with Crippen molar-refractivity contribution in [2.75, 3.05) is 6.61 Å². The number of hydrogen-bond acceptors (Lipinski definition) is 3. The topological polar surface area (TPSA) is 75.6 Å². The van der Waals surface area contributed by atoms with Crippen LogP contribution in [-0.4, -0.2) is 35.7 Å². The van der Waals surface area contributed by atoms with Crippen LogP contribution in [0.2, 0.25) is 0 Å². The van der Waals surface area contributed by atoms with E-state index in [-0.39, 0.29) is 12.0 Å². The number of amides is 1. The van der Waals surface area contributed by atoms with Crippen LogP contribution in [0.4, 0.5) is 0 Å². The van der Waals surface area contributed by atoms with Gasteiger partial charge in [0, 0.05) is 13.0 Å². The SMILES string of the molecule is CCC[C@@H](NC(=O)CCC1CCCCO1)C(=O)O. The third-order valence-electron chi connectivity index (χ3n) is 3.18. The van der Waals surface area contributed by atoms with E-state index in [1.807, 2.05) is 6.92 Å². The highest BCUT2D eigenvalue weighted by Gasteiger charge is 2.20. The number of carbonyl (C=O) groups is 2. The molecular weight excluding hydrogens is 234 g/mol. The predicted molar refractivity (Wildman–Crippen MR) is 67.3 cm³/mol. The molecule has 5 nitrogen and oxygen atoms in total. The van der Waals surface area contributed by atoms with Crippen LogP contribution in [-0.2, 0) is 14.3 Å². The van der Waals surface area contributed by atoms with Crippen molar-refractivity contribution in [1.82, 2.24) is 5.32 Å². The average Bonchev–Trinajstić information content (AvgIpc) is 2.37. The second-order valence-electron chi connectivity index (χ2n) is 4.77. The molecular formula is C13H23NO4. The third-order valence-corrected chi connectivity index (χ3v) is 3.18. The van der Waals surface area contributed by atoms with Crippen LogP contribution < -0.4 is 5.32 Å². The standard InChI is InChI=1S/C13H23NO4/c1-2-5-11(13(16)17)14-12(15)8-7-10-6-3-4-9-18-10/h10-11H,2-9H2,1H3,(H,14,15)(H,16,17)/t10?,11-/m1/s1. The largest absolute Gasteiger partial charge is 0.480 e. The fourth-order valence-corrected chi connectivity index (χ4v) is 2.14. The van der Waals surface area contributed by atoms with Gasteiger partial charge in [0.1, 0.15) is 6.04 Å². The third kappa shape index (κ3) is 5.49. The van der Waals surface area contributed by atoms with E-state index >= 15 is 0 Å². The van der Waals surface area contributed by atoms with Crippen LogP contribution in [0.1, 0.15) is 51.9 Å². The lowest BCUT2D eigenvalue weighted by Gasteiger charge is -2.22. The van der Waals surface area contributed by atoms with E-state index in [0.29, 0.717) is 19.3 Å². The summed E-state index contributed by atoms with van der Waals surface area (Å²) in [5.41, 5.74) is 0. The zero-order chi connectivity index (χ0) is 13.4. The number of carbonyl (C=O) groups excluding carboxylic acids is 1. The lowest BCUT2D eigenvalue weighted by Crippen LogP contribution is -2.40. The van der Waals surface area contributed by atoms with Crippen LogP contribution >= 0.6 is 0 Å². The van der Waals surface area contributed by atoms with E-state index in [9.17, 15) is 9.59 Å². The molecule has 0 aromatic heterocycles. The Morgan fingerprint density at radius 3 is 2.78 bits per heavy atom. The summed E-state index contributed by atoms with van der Waals surface area (Å²) in [6, 6.07) is -0.755. The first-order valence-corrected chi connectivity index (χ1v) is 6.77. The summed E-state index contributed by atoms with van der Waals surface area (Å²) >= 11 is 0. The molecule has 0 bridgehead atoms. The van der Waals surface area contributed by atoms with E-state index in [4.69, 9.17) is 9.84 Å². The molecule has 0 aromatic carbocycles. The molecule has 1 amide bonds. The van der Waals surface area contributed by atoms with Crippen LogP contribution in [0.15, 0.2) is 0 Å². The maximum absolute atomic E-state index is 11.6. The summed E-state index contributed by atoms with van der Waals surface area (Å²) in [7, 11) is 0. The van der Waals surface area contributed by atoms with Crippen molar-refractivity contribution < 1.29 is 19.4 Å². The summed E-state index contributed by atoms with van der Waals surface area (Å²) in [4.78, 5) is 22.5. The van der Waals surface area contributed by atoms with Gasteiger partial charge in [-0.15, -0.1) is 0 Å². The Bertz CT molecular complexity index is 274. The predicted octanol–water partition coefficient (Wildman–Crippen LogP) is 1.71. The van der Waals surface area contributed by atoms with Crippen molar-refractivity contribution in [3.05, 3.63) is 0 Å². The van der Waals surface area contributed by atoms with Gasteiger partial charge in [-0.2, -0.15) is 0 Å². The number of ether oxygens (including phenoxy) is 1. The van der Waals surface area contributed by atoms with Gasteiger partial charge >= 0.3 is 5.97 Å². The number of aliphatic carboxylic acids is 1. The average molecular weight is 257 g/mol. The Hall–Kier alpha value is -1.10. The number of carboxylic acid groups (broad SMARTS) is 1. The Morgan fingerprint density at radius 1 is 1.44 bits per heavy atom. The van der Waals surface area contributed by atoms with Crippen molar-refractivity contribution in [1.29, 1.82) is 0 Å². The summed E-state index contributed by atoms with van der Waals surface area (Å²) in [6.07, 6.45) is 5.66. The zero-order valence-electron chi connectivity index (χ0n) is 11.0. The van der Waals surface area contributed by atoms with Crippen molar-refractivity contribution >= 4 is 11.9 Å². The van der Waals surface area contributed by atoms with Crippen LogP contribution in [0.3, 0.4) is 0 Å². The summed E-state index contributed by atoms with van der Waals surface area (Å²) in [6.45, 7) is 2.68. The Balaban J connectivity index is 2.24. The van der Waals surface area contributed by atoms with Crippen molar-refractivity contribution in [3.8, 4) is 0 Å². The molecule has 0 aromatic rings. The van der Waals surface area contributed by atoms with E-state index in [2.05, 4.69) is 5.32 Å². The first-order valence-electron chi connectivity index (χ1n) is 6.77. The number of carboxylic acids is 1. The van der Waals surface area contributed by atoms with E-state index in [0.717, 1.165) is 32.3 Å². The van der Waals surface area contributed by atoms with Gasteiger partial charge in [-0.3, -0.25) is 4.79 Å². The van der Waals surface area contributed by atoms with Gasteiger partial charge in [0.05, 0.1) is 6.10 Å². The molecule has 1 rings (SSSR count). The van der Waals surface area contributed by atoms with Crippen molar-refractivity contribution in [2.24, 2.45) is 0 Å². The second kappa shape index (κ2) is 8.08. The highest BCUT2D eigenvalue weighted by Crippen LogP contribution is 2.16. The molecule has 0 saturated carbocycles. The van der Waals surface area contributed by atoms with Crippen molar-refractivity contribution in [3.63, 3.8) is 0 Å². The molecule has 0 radical (unpaired) electrons.